The van der Waals surface area contributed by atoms with E-state index in [0.29, 0.717) is 0 Å². The average molecular weight is 333 g/mol. The Kier molecular flexibility index (Phi) is 6.76. The van der Waals surface area contributed by atoms with Gasteiger partial charge in [0.15, 0.2) is 0 Å². The molecule has 0 saturated heterocycles. The first-order valence-electron chi connectivity index (χ1n) is 6.45. The Hall–Kier alpha value is 0.574. The van der Waals surface area contributed by atoms with Gasteiger partial charge in [0.25, 0.3) is 0 Å². The standard InChI is InChI=1S/C11H27F3NOPSi2/c1-10(2)17(16-9-11(12,13)14)15(18(3,4)5)19(6,7)8/h10H,9H2,1-8H3. The molecular weight excluding hydrogens is 306 g/mol. The highest BCUT2D eigenvalue weighted by Crippen LogP contribution is 2.52. The van der Waals surface area contributed by atoms with E-state index in [2.05, 4.69) is 43.3 Å². The molecule has 0 radical (unpaired) electrons. The smallest absolute Gasteiger partial charge is 0.335 e. The fourth-order valence-electron chi connectivity index (χ4n) is 2.17. The Morgan fingerprint density at radius 2 is 1.37 bits per heavy atom. The molecule has 0 N–H and O–H groups in total. The minimum atomic E-state index is -4.25. The molecular formula is C11H27F3NOPSi2. The molecule has 0 rings (SSSR count). The van der Waals surface area contributed by atoms with Crippen LogP contribution in [0.1, 0.15) is 13.8 Å². The zero-order valence-electron chi connectivity index (χ0n) is 13.2. The lowest BCUT2D eigenvalue weighted by Gasteiger charge is -2.49. The van der Waals surface area contributed by atoms with E-state index >= 15 is 0 Å². The maximum Gasteiger partial charge on any atom is 0.412 e. The molecule has 0 aromatic heterocycles. The molecule has 0 aromatic rings. The number of hydrogen-bond acceptors (Lipinski definition) is 2. The number of rotatable bonds is 6. The first-order valence-corrected chi connectivity index (χ1v) is 14.6. The summed E-state index contributed by atoms with van der Waals surface area (Å²) in [6.45, 7) is 15.9. The van der Waals surface area contributed by atoms with Crippen LogP contribution in [0.4, 0.5) is 13.2 Å². The molecule has 1 atom stereocenters. The molecule has 0 heterocycles. The Bertz CT molecular complexity index is 273. The summed E-state index contributed by atoms with van der Waals surface area (Å²) in [6.07, 6.45) is -4.25. The Morgan fingerprint density at radius 3 is 1.58 bits per heavy atom. The molecule has 0 bridgehead atoms. The van der Waals surface area contributed by atoms with E-state index < -0.39 is 37.6 Å². The Balaban J connectivity index is 5.21. The maximum absolute atomic E-state index is 12.4. The lowest BCUT2D eigenvalue weighted by atomic mass is 10.6. The van der Waals surface area contributed by atoms with Gasteiger partial charge in [0.1, 0.15) is 23.1 Å². The summed E-state index contributed by atoms with van der Waals surface area (Å²) >= 11 is 0. The van der Waals surface area contributed by atoms with Gasteiger partial charge in [0.2, 0.25) is 0 Å². The highest BCUT2D eigenvalue weighted by Gasteiger charge is 2.43. The highest BCUT2D eigenvalue weighted by atomic mass is 31.2. The third-order valence-corrected chi connectivity index (χ3v) is 15.3. The van der Waals surface area contributed by atoms with Crippen molar-refractivity contribution in [2.24, 2.45) is 0 Å². The number of hydrogen-bond donors (Lipinski definition) is 0. The van der Waals surface area contributed by atoms with Crippen molar-refractivity contribution in [3.8, 4) is 0 Å². The zero-order valence-corrected chi connectivity index (χ0v) is 16.1. The monoisotopic (exact) mass is 333 g/mol. The Morgan fingerprint density at radius 1 is 1.00 bits per heavy atom. The molecule has 8 heteroatoms. The first-order chi connectivity index (χ1) is 8.16. The van der Waals surface area contributed by atoms with Crippen molar-refractivity contribution in [2.45, 2.75) is 65.0 Å². The lowest BCUT2D eigenvalue weighted by molar-refractivity contribution is -0.152. The topological polar surface area (TPSA) is 12.5 Å². The summed E-state index contributed by atoms with van der Waals surface area (Å²) in [5.41, 5.74) is 0.107. The Labute approximate surface area is 118 Å². The largest absolute Gasteiger partial charge is 0.412 e. The van der Waals surface area contributed by atoms with Gasteiger partial charge in [-0.2, -0.15) is 13.2 Å². The van der Waals surface area contributed by atoms with Crippen molar-refractivity contribution in [1.29, 1.82) is 0 Å². The van der Waals surface area contributed by atoms with Crippen LogP contribution in [0.3, 0.4) is 0 Å². The number of nitrogens with zero attached hydrogens (tertiary/aromatic N) is 1. The fourth-order valence-corrected chi connectivity index (χ4v) is 17.8. The molecule has 0 aromatic carbocycles. The molecule has 116 valence electrons. The summed E-state index contributed by atoms with van der Waals surface area (Å²) in [4.78, 5) is 0. The van der Waals surface area contributed by atoms with Crippen LogP contribution in [0, 0.1) is 0 Å². The van der Waals surface area contributed by atoms with Gasteiger partial charge in [-0.15, -0.1) is 0 Å². The van der Waals surface area contributed by atoms with Crippen molar-refractivity contribution < 1.29 is 17.7 Å². The number of alkyl halides is 3. The second kappa shape index (κ2) is 6.56. The van der Waals surface area contributed by atoms with E-state index in [1.165, 1.54) is 0 Å². The van der Waals surface area contributed by atoms with E-state index in [-0.39, 0.29) is 5.66 Å². The van der Waals surface area contributed by atoms with Gasteiger partial charge < -0.3 is 8.53 Å². The second-order valence-corrected chi connectivity index (χ2v) is 20.0. The molecule has 0 aliphatic heterocycles. The molecule has 0 fully saturated rings. The summed E-state index contributed by atoms with van der Waals surface area (Å²) in [7, 11) is -4.61. The predicted octanol–water partition coefficient (Wildman–Crippen LogP) is 5.26. The highest BCUT2D eigenvalue weighted by molar-refractivity contribution is 7.56. The molecule has 19 heavy (non-hydrogen) atoms. The van der Waals surface area contributed by atoms with Crippen LogP contribution in [0.15, 0.2) is 0 Å². The predicted molar refractivity (Wildman–Crippen MR) is 82.6 cm³/mol. The minimum absolute atomic E-state index is 0.107. The van der Waals surface area contributed by atoms with E-state index in [1.54, 1.807) is 0 Å². The van der Waals surface area contributed by atoms with Gasteiger partial charge in [0, 0.05) is 5.66 Å². The van der Waals surface area contributed by atoms with Crippen molar-refractivity contribution in [1.82, 2.24) is 4.00 Å². The van der Waals surface area contributed by atoms with Crippen LogP contribution < -0.4 is 0 Å². The van der Waals surface area contributed by atoms with Crippen LogP contribution in [0.25, 0.3) is 0 Å². The number of halogens is 3. The first kappa shape index (κ1) is 19.6. The van der Waals surface area contributed by atoms with Crippen LogP contribution in [0.5, 0.6) is 0 Å². The van der Waals surface area contributed by atoms with Gasteiger partial charge in [-0.1, -0.05) is 53.1 Å². The van der Waals surface area contributed by atoms with Crippen molar-refractivity contribution in [3.05, 3.63) is 0 Å². The van der Waals surface area contributed by atoms with Gasteiger partial charge >= 0.3 is 6.18 Å². The zero-order chi connectivity index (χ0) is 15.6. The fraction of sp³-hybridized carbons (Fsp3) is 1.00. The van der Waals surface area contributed by atoms with E-state index in [1.807, 2.05) is 13.8 Å². The van der Waals surface area contributed by atoms with E-state index in [9.17, 15) is 13.2 Å². The van der Waals surface area contributed by atoms with E-state index in [0.717, 1.165) is 0 Å². The van der Waals surface area contributed by atoms with Crippen LogP contribution in [0.2, 0.25) is 39.3 Å². The summed E-state index contributed by atoms with van der Waals surface area (Å²) in [6, 6.07) is 0. The summed E-state index contributed by atoms with van der Waals surface area (Å²) in [5.74, 6) is 0. The van der Waals surface area contributed by atoms with E-state index in [4.69, 9.17) is 4.52 Å². The van der Waals surface area contributed by atoms with Crippen molar-refractivity contribution in [3.63, 3.8) is 0 Å². The average Bonchev–Trinajstić information content (AvgIpc) is 2.04. The van der Waals surface area contributed by atoms with Crippen LogP contribution >= 0.6 is 8.30 Å². The molecule has 1 unspecified atom stereocenters. The van der Waals surface area contributed by atoms with Gasteiger partial charge in [-0.05, 0) is 0 Å². The third kappa shape index (κ3) is 7.22. The normalized spacial score (nSPS) is 16.3. The minimum Gasteiger partial charge on any atom is -0.335 e. The molecule has 0 aliphatic rings. The molecule has 2 nitrogen and oxygen atoms in total. The van der Waals surface area contributed by atoms with Crippen LogP contribution in [-0.2, 0) is 4.52 Å². The maximum atomic E-state index is 12.4. The third-order valence-electron chi connectivity index (χ3n) is 2.27. The molecule has 0 aliphatic carbocycles. The SMILES string of the molecule is CC(C)P(OCC(F)(F)F)N([Si](C)(C)C)[Si](C)(C)C. The lowest BCUT2D eigenvalue weighted by Crippen LogP contribution is -2.56. The van der Waals surface area contributed by atoms with Gasteiger partial charge in [0.05, 0.1) is 8.30 Å². The quantitative estimate of drug-likeness (QED) is 0.486. The van der Waals surface area contributed by atoms with Crippen LogP contribution in [-0.4, -0.2) is 38.9 Å². The molecule has 0 amide bonds. The summed E-state index contributed by atoms with van der Waals surface area (Å²) < 4.78 is 44.9. The second-order valence-electron chi connectivity index (χ2n) is 6.94. The van der Waals surface area contributed by atoms with Crippen molar-refractivity contribution in [2.75, 3.05) is 6.61 Å². The summed E-state index contributed by atoms with van der Waals surface area (Å²) in [5, 5.41) is 0. The van der Waals surface area contributed by atoms with Gasteiger partial charge in [-0.3, -0.25) is 0 Å². The van der Waals surface area contributed by atoms with Gasteiger partial charge in [-0.25, -0.2) is 0 Å². The van der Waals surface area contributed by atoms with Crippen molar-refractivity contribution >= 4 is 24.8 Å². The molecule has 0 saturated carbocycles. The molecule has 0 spiro atoms.